The third kappa shape index (κ3) is 4.33. The normalized spacial score (nSPS) is 21.2. The molecule has 0 radical (unpaired) electrons. The highest BCUT2D eigenvalue weighted by atomic mass is 15.3. The average Bonchev–Trinajstić information content (AvgIpc) is 2.47. The monoisotopic (exact) mass is 302 g/mol. The van der Waals surface area contributed by atoms with Gasteiger partial charge in [-0.1, -0.05) is 52.0 Å². The maximum atomic E-state index is 2.70. The molecule has 1 aliphatic rings. The number of nitrogens with zero attached hydrogens (tertiary/aromatic N) is 2. The fourth-order valence-electron chi connectivity index (χ4n) is 3.45. The zero-order chi connectivity index (χ0) is 16.3. The summed E-state index contributed by atoms with van der Waals surface area (Å²) in [7, 11) is 0. The molecule has 1 heterocycles. The van der Waals surface area contributed by atoms with Gasteiger partial charge >= 0.3 is 0 Å². The molecule has 2 nitrogen and oxygen atoms in total. The third-order valence-corrected chi connectivity index (χ3v) is 5.07. The summed E-state index contributed by atoms with van der Waals surface area (Å²) in [5, 5.41) is 0. The zero-order valence-corrected chi connectivity index (χ0v) is 15.3. The van der Waals surface area contributed by atoms with Crippen LogP contribution in [0.2, 0.25) is 0 Å². The van der Waals surface area contributed by atoms with Gasteiger partial charge in [-0.15, -0.1) is 0 Å². The van der Waals surface area contributed by atoms with Gasteiger partial charge in [0.05, 0.1) is 0 Å². The third-order valence-electron chi connectivity index (χ3n) is 5.07. The molecule has 0 N–H and O–H groups in total. The molecule has 0 unspecified atom stereocenters. The molecular formula is C20H34N2. The fraction of sp³-hybridized carbons (Fsp3) is 0.700. The second kappa shape index (κ2) is 7.61. The molecular weight excluding hydrogens is 268 g/mol. The summed E-state index contributed by atoms with van der Waals surface area (Å²) in [5.74, 6) is 1.31. The highest BCUT2D eigenvalue weighted by Gasteiger charge is 2.30. The standard InChI is InChI=1S/C20H34N2/c1-15(2)19-9-7-8-18(12-19)13-22-11-10-21(17(5)6)14-20(22)16(3)4/h7-9,12,15-17,20H,10-11,13-14H2,1-6H3/t20-/m1/s1. The molecule has 0 aliphatic carbocycles. The Morgan fingerprint density at radius 2 is 1.77 bits per heavy atom. The lowest BCUT2D eigenvalue weighted by Gasteiger charge is -2.45. The minimum absolute atomic E-state index is 0.610. The van der Waals surface area contributed by atoms with Gasteiger partial charge in [0.15, 0.2) is 0 Å². The highest BCUT2D eigenvalue weighted by molar-refractivity contribution is 5.25. The van der Waals surface area contributed by atoms with Crippen LogP contribution in [0.5, 0.6) is 0 Å². The smallest absolute Gasteiger partial charge is 0.0250 e. The Hall–Kier alpha value is -0.860. The number of piperazine rings is 1. The van der Waals surface area contributed by atoms with Crippen molar-refractivity contribution in [3.05, 3.63) is 35.4 Å². The van der Waals surface area contributed by atoms with E-state index in [0.29, 0.717) is 23.9 Å². The molecule has 2 heteroatoms. The first kappa shape index (κ1) is 17.5. The van der Waals surface area contributed by atoms with E-state index in [2.05, 4.69) is 75.6 Å². The van der Waals surface area contributed by atoms with Crippen LogP contribution in [-0.2, 0) is 6.54 Å². The van der Waals surface area contributed by atoms with Crippen LogP contribution in [0.3, 0.4) is 0 Å². The Morgan fingerprint density at radius 1 is 1.05 bits per heavy atom. The second-order valence-corrected chi connectivity index (χ2v) is 7.77. The van der Waals surface area contributed by atoms with Crippen LogP contribution < -0.4 is 0 Å². The van der Waals surface area contributed by atoms with Gasteiger partial charge in [-0.2, -0.15) is 0 Å². The van der Waals surface area contributed by atoms with Crippen LogP contribution in [0.1, 0.15) is 58.6 Å². The predicted octanol–water partition coefficient (Wildman–Crippen LogP) is 4.36. The summed E-state index contributed by atoms with van der Waals surface area (Å²) in [6.07, 6.45) is 0. The Kier molecular flexibility index (Phi) is 6.05. The highest BCUT2D eigenvalue weighted by Crippen LogP contribution is 2.23. The fourth-order valence-corrected chi connectivity index (χ4v) is 3.45. The van der Waals surface area contributed by atoms with Gasteiger partial charge in [0.2, 0.25) is 0 Å². The van der Waals surface area contributed by atoms with Crippen LogP contribution in [0.25, 0.3) is 0 Å². The molecule has 22 heavy (non-hydrogen) atoms. The lowest BCUT2D eigenvalue weighted by atomic mass is 9.96. The maximum absolute atomic E-state index is 2.70. The molecule has 124 valence electrons. The van der Waals surface area contributed by atoms with Crippen molar-refractivity contribution >= 4 is 0 Å². The van der Waals surface area contributed by atoms with Crippen LogP contribution in [-0.4, -0.2) is 41.5 Å². The largest absolute Gasteiger partial charge is 0.298 e. The number of hydrogen-bond donors (Lipinski definition) is 0. The van der Waals surface area contributed by atoms with Gasteiger partial charge in [-0.3, -0.25) is 9.80 Å². The Bertz CT molecular complexity index is 465. The summed E-state index contributed by atoms with van der Waals surface area (Å²) in [4.78, 5) is 5.33. The average molecular weight is 303 g/mol. The summed E-state index contributed by atoms with van der Waals surface area (Å²) in [6.45, 7) is 18.6. The van der Waals surface area contributed by atoms with E-state index in [1.54, 1.807) is 0 Å². The second-order valence-electron chi connectivity index (χ2n) is 7.77. The molecule has 1 fully saturated rings. The molecule has 0 amide bonds. The molecule has 1 saturated heterocycles. The molecule has 0 bridgehead atoms. The van der Waals surface area contributed by atoms with Crippen LogP contribution >= 0.6 is 0 Å². The summed E-state index contributed by atoms with van der Waals surface area (Å²) < 4.78 is 0. The molecule has 1 atom stereocenters. The minimum Gasteiger partial charge on any atom is -0.298 e. The maximum Gasteiger partial charge on any atom is 0.0250 e. The lowest BCUT2D eigenvalue weighted by Crippen LogP contribution is -2.56. The van der Waals surface area contributed by atoms with E-state index in [1.165, 1.54) is 30.8 Å². The van der Waals surface area contributed by atoms with Crippen molar-refractivity contribution in [2.45, 2.75) is 66.1 Å². The van der Waals surface area contributed by atoms with Crippen LogP contribution in [0.4, 0.5) is 0 Å². The van der Waals surface area contributed by atoms with Crippen molar-refractivity contribution in [1.82, 2.24) is 9.80 Å². The SMILES string of the molecule is CC(C)c1cccc(CN2CCN(C(C)C)C[C@@H]2C(C)C)c1. The first-order valence-corrected chi connectivity index (χ1v) is 8.95. The van der Waals surface area contributed by atoms with Crippen LogP contribution in [0.15, 0.2) is 24.3 Å². The van der Waals surface area contributed by atoms with Crippen molar-refractivity contribution in [1.29, 1.82) is 0 Å². The van der Waals surface area contributed by atoms with E-state index >= 15 is 0 Å². The number of benzene rings is 1. The van der Waals surface area contributed by atoms with E-state index in [4.69, 9.17) is 0 Å². The van der Waals surface area contributed by atoms with Gasteiger partial charge < -0.3 is 0 Å². The first-order valence-electron chi connectivity index (χ1n) is 8.95. The molecule has 0 saturated carbocycles. The molecule has 0 aromatic heterocycles. The Balaban J connectivity index is 2.09. The van der Waals surface area contributed by atoms with E-state index < -0.39 is 0 Å². The van der Waals surface area contributed by atoms with Crippen molar-refractivity contribution in [3.63, 3.8) is 0 Å². The zero-order valence-electron chi connectivity index (χ0n) is 15.3. The van der Waals surface area contributed by atoms with E-state index in [-0.39, 0.29) is 0 Å². The van der Waals surface area contributed by atoms with Gasteiger partial charge in [0.25, 0.3) is 0 Å². The van der Waals surface area contributed by atoms with Gasteiger partial charge in [-0.05, 0) is 36.8 Å². The van der Waals surface area contributed by atoms with Crippen molar-refractivity contribution in [2.24, 2.45) is 5.92 Å². The summed E-state index contributed by atoms with van der Waals surface area (Å²) in [6, 6.07) is 10.5. The van der Waals surface area contributed by atoms with Crippen molar-refractivity contribution in [2.75, 3.05) is 19.6 Å². The summed E-state index contributed by atoms with van der Waals surface area (Å²) in [5.41, 5.74) is 2.93. The quantitative estimate of drug-likeness (QED) is 0.797. The Morgan fingerprint density at radius 3 is 2.36 bits per heavy atom. The van der Waals surface area contributed by atoms with Crippen molar-refractivity contribution in [3.8, 4) is 0 Å². The topological polar surface area (TPSA) is 6.48 Å². The molecule has 0 spiro atoms. The minimum atomic E-state index is 0.610. The van der Waals surface area contributed by atoms with Crippen molar-refractivity contribution < 1.29 is 0 Å². The summed E-state index contributed by atoms with van der Waals surface area (Å²) >= 11 is 0. The van der Waals surface area contributed by atoms with E-state index in [9.17, 15) is 0 Å². The molecule has 1 aromatic carbocycles. The van der Waals surface area contributed by atoms with E-state index in [1.807, 2.05) is 0 Å². The van der Waals surface area contributed by atoms with Gasteiger partial charge in [0.1, 0.15) is 0 Å². The molecule has 1 aromatic rings. The number of hydrogen-bond acceptors (Lipinski definition) is 2. The Labute approximate surface area is 137 Å². The lowest BCUT2D eigenvalue weighted by molar-refractivity contribution is 0.0297. The van der Waals surface area contributed by atoms with Crippen LogP contribution in [0, 0.1) is 5.92 Å². The predicted molar refractivity (Wildman–Crippen MR) is 96.3 cm³/mol. The number of rotatable bonds is 5. The van der Waals surface area contributed by atoms with E-state index in [0.717, 1.165) is 6.54 Å². The first-order chi connectivity index (χ1) is 10.4. The van der Waals surface area contributed by atoms with Gasteiger partial charge in [0, 0.05) is 38.3 Å². The molecule has 2 rings (SSSR count). The molecule has 1 aliphatic heterocycles. The van der Waals surface area contributed by atoms with Gasteiger partial charge in [-0.25, -0.2) is 0 Å².